The van der Waals surface area contributed by atoms with Crippen LogP contribution in [0.4, 0.5) is 4.39 Å². The molecule has 1 aromatic heterocycles. The minimum Gasteiger partial charge on any atom is -0.439 e. The molecule has 0 amide bonds. The van der Waals surface area contributed by atoms with E-state index in [0.29, 0.717) is 27.5 Å². The minimum atomic E-state index is -0.347. The molecule has 94 valence electrons. The summed E-state index contributed by atoms with van der Waals surface area (Å²) in [5.74, 6) is 1.11. The standard InChI is InChI=1S/C12H11BrFN3O/c1-7-16-6-8(5-15)12(17-7)18-9-2-3-11(14)10(13)4-9/h2-4,6H,5,15H2,1H3. The van der Waals surface area contributed by atoms with E-state index < -0.39 is 0 Å². The van der Waals surface area contributed by atoms with E-state index in [1.807, 2.05) is 0 Å². The second kappa shape index (κ2) is 5.41. The zero-order valence-corrected chi connectivity index (χ0v) is 11.2. The highest BCUT2D eigenvalue weighted by Gasteiger charge is 2.08. The average molecular weight is 312 g/mol. The second-order valence-electron chi connectivity index (χ2n) is 3.63. The number of nitrogens with zero attached hydrogens (tertiary/aromatic N) is 2. The van der Waals surface area contributed by atoms with Crippen LogP contribution in [0, 0.1) is 12.7 Å². The predicted octanol–water partition coefficient (Wildman–Crippen LogP) is 2.94. The van der Waals surface area contributed by atoms with Gasteiger partial charge in [-0.25, -0.2) is 9.37 Å². The molecule has 2 aromatic rings. The van der Waals surface area contributed by atoms with E-state index in [1.54, 1.807) is 13.1 Å². The maximum atomic E-state index is 13.1. The number of hydrogen-bond donors (Lipinski definition) is 1. The highest BCUT2D eigenvalue weighted by atomic mass is 79.9. The summed E-state index contributed by atoms with van der Waals surface area (Å²) >= 11 is 3.10. The van der Waals surface area contributed by atoms with Gasteiger partial charge in [0.1, 0.15) is 17.4 Å². The Labute approximate surface area is 112 Å². The van der Waals surface area contributed by atoms with E-state index in [1.165, 1.54) is 18.2 Å². The molecule has 0 fully saturated rings. The third-order valence-electron chi connectivity index (χ3n) is 2.27. The van der Waals surface area contributed by atoms with E-state index in [-0.39, 0.29) is 12.4 Å². The number of hydrogen-bond acceptors (Lipinski definition) is 4. The van der Waals surface area contributed by atoms with Crippen molar-refractivity contribution < 1.29 is 9.13 Å². The lowest BCUT2D eigenvalue weighted by atomic mass is 10.3. The zero-order chi connectivity index (χ0) is 13.1. The van der Waals surface area contributed by atoms with Crippen LogP contribution in [0.15, 0.2) is 28.9 Å². The van der Waals surface area contributed by atoms with Gasteiger partial charge in [-0.15, -0.1) is 0 Å². The first-order chi connectivity index (χ1) is 8.60. The molecule has 18 heavy (non-hydrogen) atoms. The van der Waals surface area contributed by atoms with Crippen LogP contribution >= 0.6 is 15.9 Å². The highest BCUT2D eigenvalue weighted by Crippen LogP contribution is 2.27. The Kier molecular flexibility index (Phi) is 3.88. The molecule has 2 N–H and O–H groups in total. The lowest BCUT2D eigenvalue weighted by molar-refractivity contribution is 0.450. The van der Waals surface area contributed by atoms with Gasteiger partial charge in [0.05, 0.1) is 4.47 Å². The predicted molar refractivity (Wildman–Crippen MR) is 68.8 cm³/mol. The molecule has 6 heteroatoms. The second-order valence-corrected chi connectivity index (χ2v) is 4.48. The van der Waals surface area contributed by atoms with Gasteiger partial charge in [-0.2, -0.15) is 4.98 Å². The quantitative estimate of drug-likeness (QED) is 0.946. The summed E-state index contributed by atoms with van der Waals surface area (Å²) < 4.78 is 19.0. The summed E-state index contributed by atoms with van der Waals surface area (Å²) in [6.07, 6.45) is 1.62. The zero-order valence-electron chi connectivity index (χ0n) is 9.65. The van der Waals surface area contributed by atoms with Crippen molar-refractivity contribution in [2.75, 3.05) is 0 Å². The van der Waals surface area contributed by atoms with Gasteiger partial charge in [0.15, 0.2) is 0 Å². The Morgan fingerprint density at radius 2 is 2.22 bits per heavy atom. The van der Waals surface area contributed by atoms with Crippen LogP contribution in [0.1, 0.15) is 11.4 Å². The molecule has 1 aromatic carbocycles. The van der Waals surface area contributed by atoms with Gasteiger partial charge < -0.3 is 10.5 Å². The Bertz CT molecular complexity index is 577. The lowest BCUT2D eigenvalue weighted by Gasteiger charge is -2.09. The summed E-state index contributed by atoms with van der Waals surface area (Å²) in [6, 6.07) is 4.38. The van der Waals surface area contributed by atoms with Crippen molar-refractivity contribution >= 4 is 15.9 Å². The largest absolute Gasteiger partial charge is 0.439 e. The number of aromatic nitrogens is 2. The molecule has 0 unspecified atom stereocenters. The number of halogens is 2. The van der Waals surface area contributed by atoms with Crippen molar-refractivity contribution in [2.24, 2.45) is 5.73 Å². The third kappa shape index (κ3) is 2.83. The van der Waals surface area contributed by atoms with Crippen molar-refractivity contribution in [3.8, 4) is 11.6 Å². The van der Waals surface area contributed by atoms with Crippen LogP contribution in [0.25, 0.3) is 0 Å². The molecular formula is C12H11BrFN3O. The Balaban J connectivity index is 2.33. The number of benzene rings is 1. The van der Waals surface area contributed by atoms with Gasteiger partial charge in [-0.05, 0) is 41.1 Å². The minimum absolute atomic E-state index is 0.276. The van der Waals surface area contributed by atoms with Gasteiger partial charge in [-0.3, -0.25) is 0 Å². The number of rotatable bonds is 3. The van der Waals surface area contributed by atoms with E-state index in [0.717, 1.165) is 0 Å². The normalized spacial score (nSPS) is 10.4. The van der Waals surface area contributed by atoms with Crippen molar-refractivity contribution in [3.05, 3.63) is 46.1 Å². The molecule has 2 rings (SSSR count). The Morgan fingerprint density at radius 3 is 2.89 bits per heavy atom. The van der Waals surface area contributed by atoms with Gasteiger partial charge in [0.25, 0.3) is 0 Å². The molecule has 0 aliphatic heterocycles. The van der Waals surface area contributed by atoms with Crippen molar-refractivity contribution in [2.45, 2.75) is 13.5 Å². The molecule has 0 aliphatic rings. The smallest absolute Gasteiger partial charge is 0.227 e. The maximum Gasteiger partial charge on any atom is 0.227 e. The van der Waals surface area contributed by atoms with Crippen LogP contribution in [0.5, 0.6) is 11.6 Å². The van der Waals surface area contributed by atoms with Crippen LogP contribution in [-0.2, 0) is 6.54 Å². The molecule has 0 atom stereocenters. The van der Waals surface area contributed by atoms with Crippen molar-refractivity contribution in [3.63, 3.8) is 0 Å². The number of ether oxygens (including phenoxy) is 1. The van der Waals surface area contributed by atoms with Crippen LogP contribution in [-0.4, -0.2) is 9.97 Å². The fourth-order valence-corrected chi connectivity index (χ4v) is 1.71. The van der Waals surface area contributed by atoms with Gasteiger partial charge in [0.2, 0.25) is 5.88 Å². The molecular weight excluding hydrogens is 301 g/mol. The monoisotopic (exact) mass is 311 g/mol. The Hall–Kier alpha value is -1.53. The number of nitrogens with two attached hydrogens (primary N) is 1. The van der Waals surface area contributed by atoms with Crippen molar-refractivity contribution in [1.82, 2.24) is 9.97 Å². The fraction of sp³-hybridized carbons (Fsp3) is 0.167. The molecule has 0 spiro atoms. The number of aryl methyl sites for hydroxylation is 1. The van der Waals surface area contributed by atoms with E-state index in [9.17, 15) is 4.39 Å². The molecule has 0 bridgehead atoms. The first kappa shape index (κ1) is 12.9. The van der Waals surface area contributed by atoms with E-state index in [2.05, 4.69) is 25.9 Å². The molecule has 0 radical (unpaired) electrons. The van der Waals surface area contributed by atoms with E-state index in [4.69, 9.17) is 10.5 Å². The summed E-state index contributed by atoms with van der Waals surface area (Å²) in [5, 5.41) is 0. The molecule has 0 saturated carbocycles. The summed E-state index contributed by atoms with van der Waals surface area (Å²) in [5.41, 5.74) is 6.27. The third-order valence-corrected chi connectivity index (χ3v) is 2.88. The first-order valence-corrected chi connectivity index (χ1v) is 6.05. The fourth-order valence-electron chi connectivity index (χ4n) is 1.35. The maximum absolute atomic E-state index is 13.1. The van der Waals surface area contributed by atoms with Crippen molar-refractivity contribution in [1.29, 1.82) is 0 Å². The van der Waals surface area contributed by atoms with Crippen LogP contribution in [0.3, 0.4) is 0 Å². The highest BCUT2D eigenvalue weighted by molar-refractivity contribution is 9.10. The molecule has 0 saturated heterocycles. The molecule has 4 nitrogen and oxygen atoms in total. The lowest BCUT2D eigenvalue weighted by Crippen LogP contribution is -2.03. The topological polar surface area (TPSA) is 61.0 Å². The van der Waals surface area contributed by atoms with Gasteiger partial charge >= 0.3 is 0 Å². The SMILES string of the molecule is Cc1ncc(CN)c(Oc2ccc(F)c(Br)c2)n1. The first-order valence-electron chi connectivity index (χ1n) is 5.25. The van der Waals surface area contributed by atoms with Crippen LogP contribution < -0.4 is 10.5 Å². The summed E-state index contributed by atoms with van der Waals surface area (Å²) in [7, 11) is 0. The van der Waals surface area contributed by atoms with Gasteiger partial charge in [-0.1, -0.05) is 0 Å². The summed E-state index contributed by atoms with van der Waals surface area (Å²) in [6.45, 7) is 2.03. The average Bonchev–Trinajstić information content (AvgIpc) is 2.34. The van der Waals surface area contributed by atoms with Gasteiger partial charge in [0, 0.05) is 18.3 Å². The molecule has 1 heterocycles. The summed E-state index contributed by atoms with van der Waals surface area (Å²) in [4.78, 5) is 8.21. The molecule has 0 aliphatic carbocycles. The Morgan fingerprint density at radius 1 is 1.44 bits per heavy atom. The van der Waals surface area contributed by atoms with E-state index >= 15 is 0 Å². The van der Waals surface area contributed by atoms with Crippen LogP contribution in [0.2, 0.25) is 0 Å².